The van der Waals surface area contributed by atoms with Crippen molar-refractivity contribution in [1.29, 1.82) is 5.41 Å². The van der Waals surface area contributed by atoms with Crippen LogP contribution in [-0.4, -0.2) is 40.7 Å². The van der Waals surface area contributed by atoms with E-state index in [1.165, 1.54) is 12.1 Å². The van der Waals surface area contributed by atoms with E-state index < -0.39 is 0 Å². The summed E-state index contributed by atoms with van der Waals surface area (Å²) < 4.78 is 13.3. The van der Waals surface area contributed by atoms with Crippen molar-refractivity contribution in [2.45, 2.75) is 32.4 Å². The van der Waals surface area contributed by atoms with Crippen molar-refractivity contribution < 1.29 is 9.18 Å². The molecule has 1 fully saturated rings. The molecule has 2 aliphatic rings. The van der Waals surface area contributed by atoms with Crippen LogP contribution in [-0.2, 0) is 11.3 Å². The molecule has 1 saturated heterocycles. The zero-order valence-electron chi connectivity index (χ0n) is 11.5. The highest BCUT2D eigenvalue weighted by Gasteiger charge is 2.34. The summed E-state index contributed by atoms with van der Waals surface area (Å²) >= 11 is 0. The van der Waals surface area contributed by atoms with Crippen LogP contribution in [0.5, 0.6) is 0 Å². The van der Waals surface area contributed by atoms with Crippen LogP contribution in [0.1, 0.15) is 30.9 Å². The molecule has 1 unspecified atom stereocenters. The molecule has 4 nitrogen and oxygen atoms in total. The van der Waals surface area contributed by atoms with E-state index in [4.69, 9.17) is 5.41 Å². The van der Waals surface area contributed by atoms with Gasteiger partial charge in [-0.05, 0) is 37.5 Å². The molecule has 0 aromatic heterocycles. The molecule has 106 valence electrons. The van der Waals surface area contributed by atoms with Gasteiger partial charge in [-0.2, -0.15) is 0 Å². The van der Waals surface area contributed by atoms with Crippen LogP contribution in [0.25, 0.3) is 0 Å². The molecular weight excluding hydrogens is 257 g/mol. The summed E-state index contributed by atoms with van der Waals surface area (Å²) in [4.78, 5) is 16.0. The van der Waals surface area contributed by atoms with Gasteiger partial charge >= 0.3 is 0 Å². The molecule has 0 spiro atoms. The molecule has 2 aliphatic heterocycles. The second kappa shape index (κ2) is 4.89. The Morgan fingerprint density at radius 1 is 1.35 bits per heavy atom. The van der Waals surface area contributed by atoms with Crippen molar-refractivity contribution in [3.63, 3.8) is 0 Å². The lowest BCUT2D eigenvalue weighted by Gasteiger charge is -2.28. The summed E-state index contributed by atoms with van der Waals surface area (Å²) in [6.07, 6.45) is 2.11. The lowest BCUT2D eigenvalue weighted by Crippen LogP contribution is -2.46. The first-order valence-electron chi connectivity index (χ1n) is 7.00. The number of amidine groups is 1. The molecule has 3 rings (SSSR count). The number of benzene rings is 1. The van der Waals surface area contributed by atoms with Crippen molar-refractivity contribution in [2.75, 3.05) is 13.1 Å². The van der Waals surface area contributed by atoms with Gasteiger partial charge in [0, 0.05) is 25.2 Å². The quantitative estimate of drug-likeness (QED) is 0.897. The smallest absolute Gasteiger partial charge is 0.245 e. The predicted molar refractivity (Wildman–Crippen MR) is 74.0 cm³/mol. The molecule has 0 saturated carbocycles. The van der Waals surface area contributed by atoms with Gasteiger partial charge < -0.3 is 9.80 Å². The van der Waals surface area contributed by atoms with Gasteiger partial charge in [0.15, 0.2) is 0 Å². The zero-order valence-corrected chi connectivity index (χ0v) is 11.5. The molecule has 0 aliphatic carbocycles. The van der Waals surface area contributed by atoms with Gasteiger partial charge in [-0.1, -0.05) is 6.07 Å². The van der Waals surface area contributed by atoms with Crippen LogP contribution in [0.3, 0.4) is 0 Å². The third kappa shape index (κ3) is 2.07. The highest BCUT2D eigenvalue weighted by atomic mass is 19.1. The Balaban J connectivity index is 1.79. The predicted octanol–water partition coefficient (Wildman–Crippen LogP) is 1.98. The molecule has 2 heterocycles. The summed E-state index contributed by atoms with van der Waals surface area (Å²) in [6, 6.07) is 4.12. The largest absolute Gasteiger partial charge is 0.341 e. The SMILES string of the molecule is CC(C(=O)N1CCCC1)N1Cc2ccc(F)cc2C1=N. The summed E-state index contributed by atoms with van der Waals surface area (Å²) in [5.74, 6) is -0.0195. The van der Waals surface area contributed by atoms with Crippen molar-refractivity contribution in [3.8, 4) is 0 Å². The summed E-state index contributed by atoms with van der Waals surface area (Å²) in [7, 11) is 0. The van der Waals surface area contributed by atoms with Crippen molar-refractivity contribution >= 4 is 11.7 Å². The fourth-order valence-corrected chi connectivity index (χ4v) is 2.99. The Labute approximate surface area is 117 Å². The third-order valence-corrected chi connectivity index (χ3v) is 4.20. The molecule has 1 aromatic rings. The van der Waals surface area contributed by atoms with Gasteiger partial charge in [-0.15, -0.1) is 0 Å². The third-order valence-electron chi connectivity index (χ3n) is 4.20. The lowest BCUT2D eigenvalue weighted by molar-refractivity contribution is -0.134. The minimum Gasteiger partial charge on any atom is -0.341 e. The fraction of sp³-hybridized carbons (Fsp3) is 0.467. The van der Waals surface area contributed by atoms with Crippen molar-refractivity contribution in [1.82, 2.24) is 9.80 Å². The van der Waals surface area contributed by atoms with E-state index in [0.717, 1.165) is 31.5 Å². The Hall–Kier alpha value is -1.91. The molecule has 1 N–H and O–H groups in total. The first-order chi connectivity index (χ1) is 9.58. The number of fused-ring (bicyclic) bond motifs is 1. The van der Waals surface area contributed by atoms with Crippen LogP contribution in [0.2, 0.25) is 0 Å². The second-order valence-electron chi connectivity index (χ2n) is 5.49. The monoisotopic (exact) mass is 275 g/mol. The standard InChI is InChI=1S/C15H18FN3O/c1-10(15(20)18-6-2-3-7-18)19-9-11-4-5-12(16)8-13(11)14(19)17/h4-5,8,10,17H,2-3,6-7,9H2,1H3. The number of amides is 1. The Bertz CT molecular complexity index is 566. The average Bonchev–Trinajstić information content (AvgIpc) is 3.06. The summed E-state index contributed by atoms with van der Waals surface area (Å²) in [5, 5.41) is 8.17. The van der Waals surface area contributed by atoms with Crippen LogP contribution >= 0.6 is 0 Å². The van der Waals surface area contributed by atoms with E-state index >= 15 is 0 Å². The number of hydrogen-bond donors (Lipinski definition) is 1. The topological polar surface area (TPSA) is 47.4 Å². The second-order valence-corrected chi connectivity index (χ2v) is 5.49. The first-order valence-corrected chi connectivity index (χ1v) is 7.00. The molecule has 20 heavy (non-hydrogen) atoms. The van der Waals surface area contributed by atoms with Gasteiger partial charge in [-0.3, -0.25) is 10.2 Å². The number of hydrogen-bond acceptors (Lipinski definition) is 2. The minimum absolute atomic E-state index is 0.0699. The Morgan fingerprint density at radius 2 is 2.05 bits per heavy atom. The number of nitrogens with zero attached hydrogens (tertiary/aromatic N) is 2. The van der Waals surface area contributed by atoms with E-state index in [1.54, 1.807) is 11.0 Å². The number of carbonyl (C=O) groups is 1. The maximum atomic E-state index is 13.3. The summed E-state index contributed by atoms with van der Waals surface area (Å²) in [5.41, 5.74) is 1.52. The van der Waals surface area contributed by atoms with E-state index in [0.29, 0.717) is 12.1 Å². The molecule has 1 amide bonds. The van der Waals surface area contributed by atoms with Gasteiger partial charge in [0.2, 0.25) is 5.91 Å². The highest BCUT2D eigenvalue weighted by Crippen LogP contribution is 2.26. The van der Waals surface area contributed by atoms with E-state index in [9.17, 15) is 9.18 Å². The number of carbonyl (C=O) groups excluding carboxylic acids is 1. The lowest BCUT2D eigenvalue weighted by atomic mass is 10.1. The number of rotatable bonds is 2. The van der Waals surface area contributed by atoms with Gasteiger partial charge in [0.05, 0.1) is 0 Å². The number of halogens is 1. The molecule has 5 heteroatoms. The van der Waals surface area contributed by atoms with Gasteiger partial charge in [0.1, 0.15) is 17.7 Å². The van der Waals surface area contributed by atoms with E-state index in [1.807, 2.05) is 11.8 Å². The number of likely N-dealkylation sites (tertiary alicyclic amines) is 1. The maximum Gasteiger partial charge on any atom is 0.245 e. The Morgan fingerprint density at radius 3 is 2.75 bits per heavy atom. The maximum absolute atomic E-state index is 13.3. The van der Waals surface area contributed by atoms with Crippen LogP contribution in [0.15, 0.2) is 18.2 Å². The van der Waals surface area contributed by atoms with Gasteiger partial charge in [-0.25, -0.2) is 4.39 Å². The fourth-order valence-electron chi connectivity index (χ4n) is 2.99. The molecule has 0 bridgehead atoms. The average molecular weight is 275 g/mol. The minimum atomic E-state index is -0.365. The molecular formula is C15H18FN3O. The highest BCUT2D eigenvalue weighted by molar-refractivity contribution is 6.02. The van der Waals surface area contributed by atoms with Crippen LogP contribution in [0.4, 0.5) is 4.39 Å². The first kappa shape index (κ1) is 13.1. The zero-order chi connectivity index (χ0) is 14.3. The van der Waals surface area contributed by atoms with Crippen molar-refractivity contribution in [2.24, 2.45) is 0 Å². The van der Waals surface area contributed by atoms with Crippen molar-refractivity contribution in [3.05, 3.63) is 35.1 Å². The molecule has 0 radical (unpaired) electrons. The van der Waals surface area contributed by atoms with E-state index in [2.05, 4.69) is 0 Å². The molecule has 1 atom stereocenters. The van der Waals surface area contributed by atoms with E-state index in [-0.39, 0.29) is 23.6 Å². The van der Waals surface area contributed by atoms with Crippen LogP contribution < -0.4 is 0 Å². The number of nitrogens with one attached hydrogen (secondary N) is 1. The Kier molecular flexibility index (Phi) is 3.20. The normalized spacial score (nSPS) is 19.4. The molecule has 1 aromatic carbocycles. The van der Waals surface area contributed by atoms with Gasteiger partial charge in [0.25, 0.3) is 0 Å². The van der Waals surface area contributed by atoms with Crippen LogP contribution in [0, 0.1) is 11.2 Å². The summed E-state index contributed by atoms with van der Waals surface area (Å²) in [6.45, 7) is 3.96.